The van der Waals surface area contributed by atoms with E-state index in [9.17, 15) is 9.59 Å². The lowest BCUT2D eigenvalue weighted by Gasteiger charge is -2.08. The third kappa shape index (κ3) is 4.06. The molecule has 1 heterocycles. The minimum atomic E-state index is -0.410. The van der Waals surface area contributed by atoms with E-state index in [-0.39, 0.29) is 18.0 Å². The number of benzene rings is 2. The summed E-state index contributed by atoms with van der Waals surface area (Å²) in [6, 6.07) is 13.0. The van der Waals surface area contributed by atoms with Crippen molar-refractivity contribution < 1.29 is 9.53 Å². The Bertz CT molecular complexity index is 985. The fourth-order valence-corrected chi connectivity index (χ4v) is 3.19. The molecule has 2 aromatic carbocycles. The minimum absolute atomic E-state index is 0.166. The number of carbonyl (C=O) groups is 1. The SMILES string of the molecule is Cc1ccc(SCC(=O)OCn2nnc3ccccc3c2=O)c(C)c1. The zero-order chi connectivity index (χ0) is 17.8. The predicted molar refractivity (Wildman–Crippen MR) is 96.5 cm³/mol. The molecule has 0 aliphatic carbocycles. The molecular weight excluding hydrogens is 338 g/mol. The first-order valence-corrected chi connectivity index (χ1v) is 8.71. The van der Waals surface area contributed by atoms with E-state index in [1.54, 1.807) is 24.3 Å². The third-order valence-electron chi connectivity index (χ3n) is 3.65. The zero-order valence-electron chi connectivity index (χ0n) is 13.9. The molecular formula is C18H17N3O3S. The van der Waals surface area contributed by atoms with Crippen molar-refractivity contribution in [2.75, 3.05) is 5.75 Å². The number of thioether (sulfide) groups is 1. The number of ether oxygens (including phenoxy) is 1. The van der Waals surface area contributed by atoms with Gasteiger partial charge in [0.25, 0.3) is 5.56 Å². The first-order valence-electron chi connectivity index (χ1n) is 7.73. The lowest BCUT2D eigenvalue weighted by molar-refractivity contribution is -0.144. The van der Waals surface area contributed by atoms with Crippen LogP contribution in [0.4, 0.5) is 0 Å². The summed E-state index contributed by atoms with van der Waals surface area (Å²) in [4.78, 5) is 25.2. The molecule has 3 aromatic rings. The molecule has 0 amide bonds. The molecule has 0 spiro atoms. The molecule has 0 N–H and O–H groups in total. The summed E-state index contributed by atoms with van der Waals surface area (Å²) in [6.45, 7) is 3.78. The van der Waals surface area contributed by atoms with E-state index in [0.717, 1.165) is 15.1 Å². The van der Waals surface area contributed by atoms with Gasteiger partial charge in [0, 0.05) is 4.90 Å². The number of hydrogen-bond donors (Lipinski definition) is 0. The van der Waals surface area contributed by atoms with Crippen LogP contribution in [0.1, 0.15) is 11.1 Å². The number of hydrogen-bond acceptors (Lipinski definition) is 6. The zero-order valence-corrected chi connectivity index (χ0v) is 14.7. The summed E-state index contributed by atoms with van der Waals surface area (Å²) in [7, 11) is 0. The van der Waals surface area contributed by atoms with Crippen molar-refractivity contribution in [2.24, 2.45) is 0 Å². The maximum atomic E-state index is 12.3. The summed E-state index contributed by atoms with van der Waals surface area (Å²) in [5, 5.41) is 8.18. The second-order valence-corrected chi connectivity index (χ2v) is 6.63. The number of nitrogens with zero attached hydrogens (tertiary/aromatic N) is 3. The van der Waals surface area contributed by atoms with Gasteiger partial charge >= 0.3 is 5.97 Å². The number of carbonyl (C=O) groups excluding carboxylic acids is 1. The predicted octanol–water partition coefficient (Wildman–Crippen LogP) is 2.70. The number of aryl methyl sites for hydroxylation is 2. The maximum absolute atomic E-state index is 12.3. The molecule has 0 bridgehead atoms. The summed E-state index contributed by atoms with van der Waals surface area (Å²) >= 11 is 1.41. The van der Waals surface area contributed by atoms with Gasteiger partial charge in [0.15, 0.2) is 6.73 Å². The molecule has 7 heteroatoms. The van der Waals surface area contributed by atoms with Crippen LogP contribution in [0.5, 0.6) is 0 Å². The molecule has 0 atom stereocenters. The van der Waals surface area contributed by atoms with E-state index in [0.29, 0.717) is 10.9 Å². The van der Waals surface area contributed by atoms with Crippen LogP contribution in [0.2, 0.25) is 0 Å². The molecule has 0 saturated carbocycles. The second kappa shape index (κ2) is 7.48. The highest BCUT2D eigenvalue weighted by Crippen LogP contribution is 2.23. The smallest absolute Gasteiger partial charge is 0.318 e. The first kappa shape index (κ1) is 17.2. The molecule has 0 fully saturated rings. The van der Waals surface area contributed by atoms with E-state index >= 15 is 0 Å². The van der Waals surface area contributed by atoms with Gasteiger partial charge in [-0.2, -0.15) is 4.68 Å². The number of esters is 1. The van der Waals surface area contributed by atoms with Crippen molar-refractivity contribution in [3.05, 3.63) is 63.9 Å². The average Bonchev–Trinajstić information content (AvgIpc) is 2.60. The van der Waals surface area contributed by atoms with Gasteiger partial charge in [-0.15, -0.1) is 16.9 Å². The Morgan fingerprint density at radius 1 is 1.20 bits per heavy atom. The summed E-state index contributed by atoms with van der Waals surface area (Å²) in [6.07, 6.45) is 0. The Hall–Kier alpha value is -2.67. The largest absolute Gasteiger partial charge is 0.441 e. The quantitative estimate of drug-likeness (QED) is 0.517. The van der Waals surface area contributed by atoms with Crippen LogP contribution in [0.3, 0.4) is 0 Å². The Morgan fingerprint density at radius 2 is 2.00 bits per heavy atom. The van der Waals surface area contributed by atoms with Gasteiger partial charge in [0.05, 0.1) is 11.1 Å². The van der Waals surface area contributed by atoms with Crippen molar-refractivity contribution in [3.8, 4) is 0 Å². The van der Waals surface area contributed by atoms with E-state index < -0.39 is 5.97 Å². The normalized spacial score (nSPS) is 10.8. The molecule has 3 rings (SSSR count). The van der Waals surface area contributed by atoms with Gasteiger partial charge in [-0.25, -0.2) is 0 Å². The fraction of sp³-hybridized carbons (Fsp3) is 0.222. The fourth-order valence-electron chi connectivity index (χ4n) is 2.38. The van der Waals surface area contributed by atoms with Gasteiger partial charge < -0.3 is 4.74 Å². The maximum Gasteiger partial charge on any atom is 0.318 e. The van der Waals surface area contributed by atoms with E-state index in [1.165, 1.54) is 17.3 Å². The van der Waals surface area contributed by atoms with Gasteiger partial charge in [0.2, 0.25) is 0 Å². The van der Waals surface area contributed by atoms with Crippen LogP contribution in [0.15, 0.2) is 52.2 Å². The molecule has 0 unspecified atom stereocenters. The number of fused-ring (bicyclic) bond motifs is 1. The van der Waals surface area contributed by atoms with Crippen molar-refractivity contribution >= 4 is 28.6 Å². The minimum Gasteiger partial charge on any atom is -0.441 e. The van der Waals surface area contributed by atoms with Crippen LogP contribution >= 0.6 is 11.8 Å². The molecule has 0 aliphatic rings. The van der Waals surface area contributed by atoms with Crippen molar-refractivity contribution in [2.45, 2.75) is 25.5 Å². The highest BCUT2D eigenvalue weighted by atomic mass is 32.2. The molecule has 128 valence electrons. The lowest BCUT2D eigenvalue weighted by atomic mass is 10.2. The molecule has 0 radical (unpaired) electrons. The topological polar surface area (TPSA) is 74.1 Å². The highest BCUT2D eigenvalue weighted by molar-refractivity contribution is 8.00. The second-order valence-electron chi connectivity index (χ2n) is 5.61. The highest BCUT2D eigenvalue weighted by Gasteiger charge is 2.09. The number of aromatic nitrogens is 3. The number of rotatable bonds is 5. The van der Waals surface area contributed by atoms with Crippen LogP contribution in [-0.4, -0.2) is 26.7 Å². The van der Waals surface area contributed by atoms with E-state index in [1.807, 2.05) is 26.0 Å². The van der Waals surface area contributed by atoms with E-state index in [4.69, 9.17) is 4.74 Å². The van der Waals surface area contributed by atoms with Crippen molar-refractivity contribution in [3.63, 3.8) is 0 Å². The average molecular weight is 355 g/mol. The molecule has 0 saturated heterocycles. The van der Waals surface area contributed by atoms with Crippen molar-refractivity contribution in [1.82, 2.24) is 15.0 Å². The van der Waals surface area contributed by atoms with E-state index in [2.05, 4.69) is 16.4 Å². The van der Waals surface area contributed by atoms with Gasteiger partial charge in [-0.3, -0.25) is 9.59 Å². The van der Waals surface area contributed by atoms with Crippen LogP contribution < -0.4 is 5.56 Å². The molecule has 6 nitrogen and oxygen atoms in total. The van der Waals surface area contributed by atoms with Gasteiger partial charge in [-0.1, -0.05) is 35.0 Å². The Kier molecular flexibility index (Phi) is 5.14. The van der Waals surface area contributed by atoms with Gasteiger partial charge in [-0.05, 0) is 37.6 Å². The Labute approximate surface area is 148 Å². The Balaban J connectivity index is 1.61. The molecule has 0 aliphatic heterocycles. The summed E-state index contributed by atoms with van der Waals surface area (Å²) < 4.78 is 6.19. The lowest BCUT2D eigenvalue weighted by Crippen LogP contribution is -2.26. The summed E-state index contributed by atoms with van der Waals surface area (Å²) in [5.74, 6) is -0.244. The standard InChI is InChI=1S/C18H17N3O3S/c1-12-7-8-16(13(2)9-12)25-10-17(22)24-11-21-18(23)14-5-3-4-6-15(14)19-20-21/h3-9H,10-11H2,1-2H3. The van der Waals surface area contributed by atoms with Crippen molar-refractivity contribution in [1.29, 1.82) is 0 Å². The van der Waals surface area contributed by atoms with Crippen LogP contribution in [0.25, 0.3) is 10.9 Å². The van der Waals surface area contributed by atoms with Crippen LogP contribution in [0, 0.1) is 13.8 Å². The molecule has 25 heavy (non-hydrogen) atoms. The van der Waals surface area contributed by atoms with Crippen LogP contribution in [-0.2, 0) is 16.3 Å². The first-order chi connectivity index (χ1) is 12.0. The van der Waals surface area contributed by atoms with Gasteiger partial charge in [0.1, 0.15) is 5.52 Å². The Morgan fingerprint density at radius 3 is 2.80 bits per heavy atom. The summed E-state index contributed by atoms with van der Waals surface area (Å²) in [5.41, 5.74) is 2.48. The molecule has 1 aromatic heterocycles. The third-order valence-corrected chi connectivity index (χ3v) is 4.80. The monoisotopic (exact) mass is 355 g/mol.